The van der Waals surface area contributed by atoms with Gasteiger partial charge in [0.2, 0.25) is 0 Å². The molecule has 2 rings (SSSR count). The largest absolute Gasteiger partial charge is 0.294 e. The Bertz CT molecular complexity index is 589. The van der Waals surface area contributed by atoms with E-state index in [4.69, 9.17) is 11.6 Å². The molecule has 0 saturated heterocycles. The zero-order chi connectivity index (χ0) is 13.1. The predicted molar refractivity (Wildman–Crippen MR) is 71.4 cm³/mol. The van der Waals surface area contributed by atoms with Crippen LogP contribution in [0.25, 0.3) is 0 Å². The van der Waals surface area contributed by atoms with Crippen molar-refractivity contribution in [2.45, 2.75) is 6.42 Å². The Balaban J connectivity index is 2.28. The van der Waals surface area contributed by atoms with Crippen molar-refractivity contribution in [2.75, 3.05) is 0 Å². The molecule has 0 fully saturated rings. The number of hydrogen-bond donors (Lipinski definition) is 0. The molecule has 0 aliphatic carbocycles. The average Bonchev–Trinajstić information content (AvgIpc) is 2.37. The Hall–Kier alpha value is -1.26. The number of halogens is 3. The van der Waals surface area contributed by atoms with E-state index in [0.717, 1.165) is 5.56 Å². The van der Waals surface area contributed by atoms with Crippen molar-refractivity contribution >= 4 is 33.3 Å². The van der Waals surface area contributed by atoms with Crippen molar-refractivity contribution in [3.8, 4) is 0 Å². The van der Waals surface area contributed by atoms with Crippen molar-refractivity contribution in [3.05, 3.63) is 63.1 Å². The molecule has 0 saturated carbocycles. The normalized spacial score (nSPS) is 10.4. The van der Waals surface area contributed by atoms with Crippen LogP contribution >= 0.6 is 27.5 Å². The topological polar surface area (TPSA) is 30.0 Å². The number of carbonyl (C=O) groups is 1. The molecule has 92 valence electrons. The van der Waals surface area contributed by atoms with Crippen LogP contribution < -0.4 is 0 Å². The van der Waals surface area contributed by atoms with Crippen LogP contribution in [0.15, 0.2) is 41.1 Å². The highest BCUT2D eigenvalue weighted by Crippen LogP contribution is 2.28. The van der Waals surface area contributed by atoms with Crippen LogP contribution in [0.5, 0.6) is 0 Å². The van der Waals surface area contributed by atoms with E-state index in [-0.39, 0.29) is 22.8 Å². The van der Waals surface area contributed by atoms with Crippen molar-refractivity contribution in [1.82, 2.24) is 4.98 Å². The van der Waals surface area contributed by atoms with E-state index in [2.05, 4.69) is 20.9 Å². The van der Waals surface area contributed by atoms with Crippen LogP contribution in [0.1, 0.15) is 15.9 Å². The second kappa shape index (κ2) is 5.59. The van der Waals surface area contributed by atoms with Crippen LogP contribution in [0.4, 0.5) is 4.39 Å². The first-order valence-electron chi connectivity index (χ1n) is 5.15. The molecule has 0 bridgehead atoms. The Kier molecular flexibility index (Phi) is 4.09. The number of benzene rings is 1. The van der Waals surface area contributed by atoms with Crippen LogP contribution in [0.2, 0.25) is 5.02 Å². The summed E-state index contributed by atoms with van der Waals surface area (Å²) in [5.74, 6) is -1.02. The van der Waals surface area contributed by atoms with Gasteiger partial charge in [-0.2, -0.15) is 0 Å². The lowest BCUT2D eigenvalue weighted by atomic mass is 10.0. The Morgan fingerprint density at radius 3 is 2.83 bits per heavy atom. The second-order valence-corrected chi connectivity index (χ2v) is 4.92. The maximum absolute atomic E-state index is 13.8. The molecule has 0 amide bonds. The van der Waals surface area contributed by atoms with Crippen molar-refractivity contribution in [3.63, 3.8) is 0 Å². The van der Waals surface area contributed by atoms with Gasteiger partial charge in [0.05, 0.1) is 10.6 Å². The van der Waals surface area contributed by atoms with Gasteiger partial charge >= 0.3 is 0 Å². The predicted octanol–water partition coefficient (Wildman–Crippen LogP) is 4.06. The summed E-state index contributed by atoms with van der Waals surface area (Å²) in [6.07, 6.45) is 3.30. The van der Waals surface area contributed by atoms with E-state index in [9.17, 15) is 9.18 Å². The van der Waals surface area contributed by atoms with E-state index < -0.39 is 5.82 Å². The van der Waals surface area contributed by atoms with Gasteiger partial charge in [-0.25, -0.2) is 4.39 Å². The van der Waals surface area contributed by atoms with Crippen molar-refractivity contribution < 1.29 is 9.18 Å². The lowest BCUT2D eigenvalue weighted by Gasteiger charge is -2.05. The van der Waals surface area contributed by atoms with Crippen LogP contribution in [0.3, 0.4) is 0 Å². The maximum Gasteiger partial charge on any atom is 0.170 e. The molecule has 0 N–H and O–H groups in total. The van der Waals surface area contributed by atoms with Gasteiger partial charge in [0.1, 0.15) is 0 Å². The highest BCUT2D eigenvalue weighted by molar-refractivity contribution is 9.10. The number of nitrogens with zero attached hydrogens (tertiary/aromatic N) is 1. The molecular formula is C13H8BrClFNO. The minimum Gasteiger partial charge on any atom is -0.294 e. The molecule has 1 aromatic carbocycles. The van der Waals surface area contributed by atoms with Crippen LogP contribution in [-0.4, -0.2) is 10.8 Å². The summed E-state index contributed by atoms with van der Waals surface area (Å²) in [6.45, 7) is 0. The number of rotatable bonds is 3. The number of hydrogen-bond acceptors (Lipinski definition) is 2. The van der Waals surface area contributed by atoms with Gasteiger partial charge in [0.25, 0.3) is 0 Å². The standard InChI is InChI=1S/C13H8BrClFNO/c14-10-4-3-9(13(16)12(10)15)11(18)6-8-2-1-5-17-7-8/h1-5,7H,6H2. The van der Waals surface area contributed by atoms with Gasteiger partial charge in [-0.05, 0) is 39.7 Å². The molecule has 1 heterocycles. The highest BCUT2D eigenvalue weighted by Gasteiger charge is 2.16. The maximum atomic E-state index is 13.8. The third-order valence-electron chi connectivity index (χ3n) is 2.42. The fourth-order valence-corrected chi connectivity index (χ4v) is 2.00. The fourth-order valence-electron chi connectivity index (χ4n) is 1.52. The molecule has 0 spiro atoms. The number of pyridine rings is 1. The molecule has 0 radical (unpaired) electrons. The zero-order valence-corrected chi connectivity index (χ0v) is 11.5. The van der Waals surface area contributed by atoms with Crippen LogP contribution in [0, 0.1) is 5.82 Å². The number of ketones is 1. The van der Waals surface area contributed by atoms with Gasteiger partial charge in [0, 0.05) is 23.3 Å². The van der Waals surface area contributed by atoms with E-state index in [1.165, 1.54) is 6.07 Å². The third-order valence-corrected chi connectivity index (χ3v) is 3.68. The van der Waals surface area contributed by atoms with Gasteiger partial charge in [0.15, 0.2) is 11.6 Å². The van der Waals surface area contributed by atoms with E-state index in [1.807, 2.05) is 0 Å². The monoisotopic (exact) mass is 327 g/mol. The molecule has 2 nitrogen and oxygen atoms in total. The Morgan fingerprint density at radius 2 is 2.17 bits per heavy atom. The minimum atomic E-state index is -0.695. The summed E-state index contributed by atoms with van der Waals surface area (Å²) >= 11 is 8.85. The minimum absolute atomic E-state index is 0.00736. The van der Waals surface area contributed by atoms with Crippen molar-refractivity contribution in [1.29, 1.82) is 0 Å². The fraction of sp³-hybridized carbons (Fsp3) is 0.0769. The van der Waals surface area contributed by atoms with E-state index >= 15 is 0 Å². The van der Waals surface area contributed by atoms with Crippen LogP contribution in [-0.2, 0) is 6.42 Å². The molecule has 0 unspecified atom stereocenters. The van der Waals surface area contributed by atoms with Gasteiger partial charge < -0.3 is 0 Å². The molecule has 2 aromatic rings. The van der Waals surface area contributed by atoms with E-state index in [1.54, 1.807) is 30.6 Å². The summed E-state index contributed by atoms with van der Waals surface area (Å²) in [6, 6.07) is 6.47. The molecule has 0 aliphatic rings. The molecule has 5 heteroatoms. The van der Waals surface area contributed by atoms with Gasteiger partial charge in [-0.1, -0.05) is 17.7 Å². The third kappa shape index (κ3) is 2.76. The molecule has 0 atom stereocenters. The summed E-state index contributed by atoms with van der Waals surface area (Å²) < 4.78 is 14.2. The molecule has 18 heavy (non-hydrogen) atoms. The first-order chi connectivity index (χ1) is 8.59. The smallest absolute Gasteiger partial charge is 0.170 e. The van der Waals surface area contributed by atoms with E-state index in [0.29, 0.717) is 4.47 Å². The Labute approximate surface area is 117 Å². The quantitative estimate of drug-likeness (QED) is 0.628. The molecule has 1 aromatic heterocycles. The highest BCUT2D eigenvalue weighted by atomic mass is 79.9. The second-order valence-electron chi connectivity index (χ2n) is 3.68. The lowest BCUT2D eigenvalue weighted by Crippen LogP contribution is -2.07. The SMILES string of the molecule is O=C(Cc1cccnc1)c1ccc(Br)c(Cl)c1F. The van der Waals surface area contributed by atoms with Gasteiger partial charge in [-0.3, -0.25) is 9.78 Å². The summed E-state index contributed by atoms with van der Waals surface area (Å²) in [5, 5.41) is -0.0768. The average molecular weight is 329 g/mol. The number of Topliss-reactive ketones (excluding diaryl/α,β-unsaturated/α-hetero) is 1. The summed E-state index contributed by atoms with van der Waals surface area (Å²) in [5.41, 5.74) is 0.730. The summed E-state index contributed by atoms with van der Waals surface area (Å²) in [4.78, 5) is 15.9. The first kappa shape index (κ1) is 13.2. The first-order valence-corrected chi connectivity index (χ1v) is 6.32. The molecule has 0 aliphatic heterocycles. The Morgan fingerprint density at radius 1 is 1.39 bits per heavy atom. The zero-order valence-electron chi connectivity index (χ0n) is 9.16. The lowest BCUT2D eigenvalue weighted by molar-refractivity contribution is 0.0989. The summed E-state index contributed by atoms with van der Waals surface area (Å²) in [7, 11) is 0. The van der Waals surface area contributed by atoms with Gasteiger partial charge in [-0.15, -0.1) is 0 Å². The number of carbonyl (C=O) groups excluding carboxylic acids is 1. The molecular weight excluding hydrogens is 321 g/mol. The van der Waals surface area contributed by atoms with Crippen molar-refractivity contribution in [2.24, 2.45) is 0 Å². The number of aromatic nitrogens is 1.